The smallest absolute Gasteiger partial charge is 0.306 e. The number of unbranched alkanes of at least 4 members (excludes halogenated alkanes) is 31. The summed E-state index contributed by atoms with van der Waals surface area (Å²) in [5.41, 5.74) is 0. The minimum absolute atomic E-state index is 0.107. The first-order chi connectivity index (χ1) is 40.5. The Morgan fingerprint density at radius 1 is 0.256 bits per heavy atom. The molecule has 0 saturated heterocycles. The summed E-state index contributed by atoms with van der Waals surface area (Å²) < 4.78 is 16.9. The van der Waals surface area contributed by atoms with Crippen molar-refractivity contribution in [3.8, 4) is 0 Å². The van der Waals surface area contributed by atoms with Crippen molar-refractivity contribution in [1.29, 1.82) is 0 Å². The molecule has 0 aliphatic rings. The van der Waals surface area contributed by atoms with Crippen LogP contribution in [0.5, 0.6) is 0 Å². The number of rotatable bonds is 62. The Labute approximate surface area is 507 Å². The van der Waals surface area contributed by atoms with Gasteiger partial charge >= 0.3 is 17.9 Å². The summed E-state index contributed by atoms with van der Waals surface area (Å²) in [6, 6.07) is 0. The van der Waals surface area contributed by atoms with Gasteiger partial charge in [-0.05, 0) is 128 Å². The van der Waals surface area contributed by atoms with E-state index in [4.69, 9.17) is 14.2 Å². The van der Waals surface area contributed by atoms with Crippen LogP contribution in [-0.2, 0) is 28.6 Å². The van der Waals surface area contributed by atoms with Gasteiger partial charge in [0.05, 0.1) is 0 Å². The highest BCUT2D eigenvalue weighted by molar-refractivity contribution is 5.71. The molecule has 0 aromatic rings. The largest absolute Gasteiger partial charge is 0.462 e. The summed E-state index contributed by atoms with van der Waals surface area (Å²) >= 11 is 0. The molecule has 0 aromatic carbocycles. The lowest BCUT2D eigenvalue weighted by molar-refractivity contribution is -0.167. The Balaban J connectivity index is 4.45. The summed E-state index contributed by atoms with van der Waals surface area (Å²) in [5, 5.41) is 0. The van der Waals surface area contributed by atoms with E-state index in [1.807, 2.05) is 0 Å². The fourth-order valence-corrected chi connectivity index (χ4v) is 9.52. The molecule has 6 heteroatoms. The standard InChI is InChI=1S/C76H128O6/c1-4-7-10-13-16-19-22-25-28-31-33-35-37-38-40-41-43-45-48-51-54-57-60-63-66-69-75(78)81-72-73(71-80-74(77)68-65-62-59-56-53-50-47-30-27-24-21-18-15-12-9-6-3)82-76(79)70-67-64-61-58-55-52-49-46-44-42-39-36-34-32-29-26-23-20-17-14-11-8-5-2/h8,11,17,20-21,24,26,29-31,33-34,36,42,44,47,49,52,58,61,73H,4-7,9-10,12-16,18-19,22-23,25,27-28,32,35,37-41,43,45-46,48,50-51,53-57,59-60,62-72H2,1-3H3/b11-8-,20-17-,24-21-,29-26-,33-31-,36-34-,44-42-,47-30-,52-49-,61-58-. The van der Waals surface area contributed by atoms with Crippen LogP contribution in [-0.4, -0.2) is 37.2 Å². The molecule has 0 heterocycles. The van der Waals surface area contributed by atoms with Crippen molar-refractivity contribution < 1.29 is 28.6 Å². The maximum Gasteiger partial charge on any atom is 0.306 e. The van der Waals surface area contributed by atoms with Crippen molar-refractivity contribution in [1.82, 2.24) is 0 Å². The molecule has 82 heavy (non-hydrogen) atoms. The molecule has 1 atom stereocenters. The third-order valence-electron chi connectivity index (χ3n) is 14.7. The highest BCUT2D eigenvalue weighted by atomic mass is 16.6. The van der Waals surface area contributed by atoms with E-state index in [0.29, 0.717) is 19.3 Å². The van der Waals surface area contributed by atoms with E-state index in [1.165, 1.54) is 161 Å². The fourth-order valence-electron chi connectivity index (χ4n) is 9.52. The topological polar surface area (TPSA) is 78.9 Å². The summed E-state index contributed by atoms with van der Waals surface area (Å²) in [6.07, 6.45) is 96.5. The van der Waals surface area contributed by atoms with Crippen molar-refractivity contribution in [3.05, 3.63) is 122 Å². The normalized spacial score (nSPS) is 12.9. The molecule has 0 fully saturated rings. The van der Waals surface area contributed by atoms with Gasteiger partial charge in [0, 0.05) is 19.3 Å². The number of esters is 3. The van der Waals surface area contributed by atoms with E-state index in [1.54, 1.807) is 0 Å². The lowest BCUT2D eigenvalue weighted by Crippen LogP contribution is -2.30. The monoisotopic (exact) mass is 1140 g/mol. The average Bonchev–Trinajstić information content (AvgIpc) is 3.47. The molecule has 0 saturated carbocycles. The first-order valence-electron chi connectivity index (χ1n) is 34.5. The Morgan fingerprint density at radius 3 is 0.805 bits per heavy atom. The lowest BCUT2D eigenvalue weighted by atomic mass is 10.0. The van der Waals surface area contributed by atoms with E-state index >= 15 is 0 Å². The lowest BCUT2D eigenvalue weighted by Gasteiger charge is -2.18. The Bertz CT molecular complexity index is 1690. The first kappa shape index (κ1) is 77.8. The number of ether oxygens (including phenoxy) is 3. The zero-order valence-electron chi connectivity index (χ0n) is 53.7. The van der Waals surface area contributed by atoms with Crippen LogP contribution in [0.4, 0.5) is 0 Å². The van der Waals surface area contributed by atoms with Gasteiger partial charge in [-0.1, -0.05) is 296 Å². The van der Waals surface area contributed by atoms with Gasteiger partial charge in [-0.2, -0.15) is 0 Å². The van der Waals surface area contributed by atoms with Gasteiger partial charge in [0.25, 0.3) is 0 Å². The highest BCUT2D eigenvalue weighted by Crippen LogP contribution is 2.16. The van der Waals surface area contributed by atoms with Gasteiger partial charge < -0.3 is 14.2 Å². The molecular weight excluding hydrogens is 1010 g/mol. The van der Waals surface area contributed by atoms with Crippen LogP contribution < -0.4 is 0 Å². The van der Waals surface area contributed by atoms with Crippen molar-refractivity contribution in [3.63, 3.8) is 0 Å². The third kappa shape index (κ3) is 66.6. The molecule has 0 amide bonds. The van der Waals surface area contributed by atoms with Gasteiger partial charge in [0.1, 0.15) is 13.2 Å². The second-order valence-corrected chi connectivity index (χ2v) is 22.7. The van der Waals surface area contributed by atoms with Crippen molar-refractivity contribution >= 4 is 17.9 Å². The minimum atomic E-state index is -0.820. The molecule has 0 bridgehead atoms. The van der Waals surface area contributed by atoms with Gasteiger partial charge in [0.2, 0.25) is 0 Å². The van der Waals surface area contributed by atoms with Crippen LogP contribution in [0.2, 0.25) is 0 Å². The Morgan fingerprint density at radius 2 is 0.488 bits per heavy atom. The number of hydrogen-bond acceptors (Lipinski definition) is 6. The van der Waals surface area contributed by atoms with Crippen LogP contribution in [0.25, 0.3) is 0 Å². The summed E-state index contributed by atoms with van der Waals surface area (Å²) in [5.74, 6) is -0.973. The van der Waals surface area contributed by atoms with Gasteiger partial charge in [-0.25, -0.2) is 0 Å². The predicted octanol–water partition coefficient (Wildman–Crippen LogP) is 23.9. The van der Waals surface area contributed by atoms with Gasteiger partial charge in [-0.3, -0.25) is 14.4 Å². The molecule has 0 aromatic heterocycles. The van der Waals surface area contributed by atoms with Crippen molar-refractivity contribution in [2.24, 2.45) is 0 Å². The van der Waals surface area contributed by atoms with E-state index in [9.17, 15) is 14.4 Å². The highest BCUT2D eigenvalue weighted by Gasteiger charge is 2.19. The second-order valence-electron chi connectivity index (χ2n) is 22.7. The average molecular weight is 1140 g/mol. The molecule has 0 radical (unpaired) electrons. The van der Waals surface area contributed by atoms with Gasteiger partial charge in [0.15, 0.2) is 6.10 Å². The molecular formula is C76H128O6. The SMILES string of the molecule is CC/C=C\C/C=C\C/C=C\C/C=C\C/C=C\C/C=C\C/C=C\CCCC(=O)OC(COC(=O)CCCCCCC/C=C\C/C=C\CCCCCC)COC(=O)CCCCCCCCCCCCCCC/C=C\CCCCCCCCCC. The first-order valence-corrected chi connectivity index (χ1v) is 34.5. The molecule has 1 unspecified atom stereocenters. The van der Waals surface area contributed by atoms with E-state index in [0.717, 1.165) is 116 Å². The molecule has 0 spiro atoms. The number of carbonyl (C=O) groups excluding carboxylic acids is 3. The van der Waals surface area contributed by atoms with E-state index < -0.39 is 6.10 Å². The predicted molar refractivity (Wildman–Crippen MR) is 357 cm³/mol. The van der Waals surface area contributed by atoms with E-state index in [2.05, 4.69) is 142 Å². The fraction of sp³-hybridized carbons (Fsp3) is 0.697. The Hall–Kier alpha value is -4.19. The molecule has 0 aliphatic carbocycles. The van der Waals surface area contributed by atoms with Gasteiger partial charge in [-0.15, -0.1) is 0 Å². The van der Waals surface area contributed by atoms with Crippen LogP contribution in [0, 0.1) is 0 Å². The third-order valence-corrected chi connectivity index (χ3v) is 14.7. The second kappa shape index (κ2) is 69.3. The Kier molecular flexibility index (Phi) is 65.8. The van der Waals surface area contributed by atoms with Crippen LogP contribution >= 0.6 is 0 Å². The molecule has 0 aliphatic heterocycles. The molecule has 0 N–H and O–H groups in total. The quantitative estimate of drug-likeness (QED) is 0.0261. The molecule has 6 nitrogen and oxygen atoms in total. The summed E-state index contributed by atoms with van der Waals surface area (Å²) in [4.78, 5) is 38.4. The number of allylic oxidation sites excluding steroid dienone is 20. The number of carbonyl (C=O) groups is 3. The van der Waals surface area contributed by atoms with Crippen molar-refractivity contribution in [2.75, 3.05) is 13.2 Å². The van der Waals surface area contributed by atoms with E-state index in [-0.39, 0.29) is 37.5 Å². The maximum atomic E-state index is 12.9. The van der Waals surface area contributed by atoms with Crippen LogP contribution in [0.15, 0.2) is 122 Å². The molecule has 0 rings (SSSR count). The van der Waals surface area contributed by atoms with Crippen LogP contribution in [0.3, 0.4) is 0 Å². The zero-order valence-corrected chi connectivity index (χ0v) is 53.7. The van der Waals surface area contributed by atoms with Crippen LogP contribution in [0.1, 0.15) is 323 Å². The summed E-state index contributed by atoms with van der Waals surface area (Å²) in [6.45, 7) is 6.48. The number of hydrogen-bond donors (Lipinski definition) is 0. The minimum Gasteiger partial charge on any atom is -0.462 e. The maximum absolute atomic E-state index is 12.9. The molecule has 468 valence electrons. The zero-order chi connectivity index (χ0) is 59.2. The van der Waals surface area contributed by atoms with Crippen molar-refractivity contribution in [2.45, 2.75) is 329 Å². The summed E-state index contributed by atoms with van der Waals surface area (Å²) in [7, 11) is 0.